The summed E-state index contributed by atoms with van der Waals surface area (Å²) in [6, 6.07) is 6.28. The minimum atomic E-state index is 0.952. The standard InChI is InChI=1S/C15H22N2O/c1-5-16-10-9-12-11(2)17(3)15-13(12)7-6-8-14(15)18-4/h6-8,16H,5,9-10H2,1-4H3. The van der Waals surface area contributed by atoms with Crippen LogP contribution in [0.1, 0.15) is 18.2 Å². The van der Waals surface area contributed by atoms with Gasteiger partial charge in [0.25, 0.3) is 0 Å². The molecule has 0 aliphatic carbocycles. The number of fused-ring (bicyclic) bond motifs is 1. The van der Waals surface area contributed by atoms with Gasteiger partial charge in [0, 0.05) is 18.1 Å². The van der Waals surface area contributed by atoms with Crippen LogP contribution in [0.5, 0.6) is 5.75 Å². The molecule has 2 rings (SSSR count). The van der Waals surface area contributed by atoms with Gasteiger partial charge in [-0.05, 0) is 38.1 Å². The molecule has 18 heavy (non-hydrogen) atoms. The molecule has 0 bridgehead atoms. The van der Waals surface area contributed by atoms with E-state index in [1.807, 2.05) is 6.07 Å². The second-order valence-corrected chi connectivity index (χ2v) is 4.58. The summed E-state index contributed by atoms with van der Waals surface area (Å²) in [6.45, 7) is 6.36. The summed E-state index contributed by atoms with van der Waals surface area (Å²) in [5, 5.41) is 4.70. The van der Waals surface area contributed by atoms with Gasteiger partial charge in [0.15, 0.2) is 0 Å². The van der Waals surface area contributed by atoms with Gasteiger partial charge < -0.3 is 14.6 Å². The molecule has 3 heteroatoms. The number of methoxy groups -OCH3 is 1. The van der Waals surface area contributed by atoms with Crippen molar-refractivity contribution in [2.75, 3.05) is 20.2 Å². The van der Waals surface area contributed by atoms with Gasteiger partial charge in [0.1, 0.15) is 5.75 Å². The Labute approximate surface area is 109 Å². The molecule has 0 amide bonds. The first-order valence-corrected chi connectivity index (χ1v) is 6.52. The average molecular weight is 246 g/mol. The Bertz CT molecular complexity index is 543. The molecule has 0 saturated carbocycles. The summed E-state index contributed by atoms with van der Waals surface area (Å²) in [7, 11) is 3.84. The minimum absolute atomic E-state index is 0.952. The van der Waals surface area contributed by atoms with Crippen molar-refractivity contribution in [2.45, 2.75) is 20.3 Å². The van der Waals surface area contributed by atoms with Crippen molar-refractivity contribution >= 4 is 10.9 Å². The first-order chi connectivity index (χ1) is 8.70. The largest absolute Gasteiger partial charge is 0.495 e. The zero-order valence-corrected chi connectivity index (χ0v) is 11.7. The molecule has 0 aliphatic heterocycles. The number of aryl methyl sites for hydroxylation is 1. The normalized spacial score (nSPS) is 11.1. The Hall–Kier alpha value is -1.48. The lowest BCUT2D eigenvalue weighted by molar-refractivity contribution is 0.418. The molecule has 0 fully saturated rings. The molecular weight excluding hydrogens is 224 g/mol. The highest BCUT2D eigenvalue weighted by Gasteiger charge is 2.14. The molecule has 0 atom stereocenters. The molecule has 98 valence electrons. The quantitative estimate of drug-likeness (QED) is 0.821. The highest BCUT2D eigenvalue weighted by molar-refractivity contribution is 5.90. The summed E-state index contributed by atoms with van der Waals surface area (Å²) < 4.78 is 7.70. The van der Waals surface area contributed by atoms with E-state index in [-0.39, 0.29) is 0 Å². The number of likely N-dealkylation sites (N-methyl/N-ethyl adjacent to an activating group) is 1. The van der Waals surface area contributed by atoms with Crippen molar-refractivity contribution in [3.63, 3.8) is 0 Å². The van der Waals surface area contributed by atoms with Gasteiger partial charge in [-0.2, -0.15) is 0 Å². The van der Waals surface area contributed by atoms with Crippen molar-refractivity contribution in [1.82, 2.24) is 9.88 Å². The fourth-order valence-electron chi connectivity index (χ4n) is 2.55. The number of benzene rings is 1. The van der Waals surface area contributed by atoms with Crippen molar-refractivity contribution < 1.29 is 4.74 Å². The first-order valence-electron chi connectivity index (χ1n) is 6.52. The van der Waals surface area contributed by atoms with Crippen LogP contribution in [0.25, 0.3) is 10.9 Å². The predicted molar refractivity (Wildman–Crippen MR) is 76.5 cm³/mol. The van der Waals surface area contributed by atoms with Gasteiger partial charge >= 0.3 is 0 Å². The Morgan fingerprint density at radius 1 is 1.33 bits per heavy atom. The lowest BCUT2D eigenvalue weighted by Gasteiger charge is -2.04. The van der Waals surface area contributed by atoms with Crippen LogP contribution < -0.4 is 10.1 Å². The van der Waals surface area contributed by atoms with Crippen LogP contribution in [0.15, 0.2) is 18.2 Å². The molecular formula is C15H22N2O. The van der Waals surface area contributed by atoms with E-state index in [4.69, 9.17) is 4.74 Å². The molecule has 2 aromatic rings. The van der Waals surface area contributed by atoms with Crippen LogP contribution in [-0.4, -0.2) is 24.8 Å². The fraction of sp³-hybridized carbons (Fsp3) is 0.467. The van der Waals surface area contributed by atoms with E-state index in [9.17, 15) is 0 Å². The third-order valence-electron chi connectivity index (χ3n) is 3.62. The van der Waals surface area contributed by atoms with Crippen molar-refractivity contribution in [3.05, 3.63) is 29.5 Å². The highest BCUT2D eigenvalue weighted by atomic mass is 16.5. The lowest BCUT2D eigenvalue weighted by Crippen LogP contribution is -2.16. The maximum Gasteiger partial charge on any atom is 0.143 e. The van der Waals surface area contributed by atoms with E-state index in [2.05, 4.69) is 42.9 Å². The molecule has 3 nitrogen and oxygen atoms in total. The molecule has 0 radical (unpaired) electrons. The van der Waals surface area contributed by atoms with Crippen LogP contribution in [0.4, 0.5) is 0 Å². The van der Waals surface area contributed by atoms with Gasteiger partial charge in [-0.1, -0.05) is 19.1 Å². The monoisotopic (exact) mass is 246 g/mol. The number of nitrogens with one attached hydrogen (secondary N) is 1. The number of hydrogen-bond donors (Lipinski definition) is 1. The van der Waals surface area contributed by atoms with E-state index in [0.717, 1.165) is 25.3 Å². The van der Waals surface area contributed by atoms with Crippen molar-refractivity contribution in [1.29, 1.82) is 0 Å². The van der Waals surface area contributed by atoms with Gasteiger partial charge in [0.2, 0.25) is 0 Å². The summed E-state index contributed by atoms with van der Waals surface area (Å²) >= 11 is 0. The molecule has 0 saturated heterocycles. The van der Waals surface area contributed by atoms with Crippen LogP contribution >= 0.6 is 0 Å². The predicted octanol–water partition coefficient (Wildman–Crippen LogP) is 2.65. The topological polar surface area (TPSA) is 26.2 Å². The summed E-state index contributed by atoms with van der Waals surface area (Å²) in [6.07, 6.45) is 1.06. The zero-order chi connectivity index (χ0) is 13.1. The Morgan fingerprint density at radius 2 is 2.11 bits per heavy atom. The second kappa shape index (κ2) is 5.44. The van der Waals surface area contributed by atoms with E-state index >= 15 is 0 Å². The lowest BCUT2D eigenvalue weighted by atomic mass is 10.1. The molecule has 0 unspecified atom stereocenters. The van der Waals surface area contributed by atoms with Crippen LogP contribution in [0, 0.1) is 6.92 Å². The molecule has 1 N–H and O–H groups in total. The number of ether oxygens (including phenoxy) is 1. The number of aromatic nitrogens is 1. The number of rotatable bonds is 5. The fourth-order valence-corrected chi connectivity index (χ4v) is 2.55. The average Bonchev–Trinajstić information content (AvgIpc) is 2.64. The Morgan fingerprint density at radius 3 is 2.78 bits per heavy atom. The smallest absolute Gasteiger partial charge is 0.143 e. The summed E-state index contributed by atoms with van der Waals surface area (Å²) in [5.74, 6) is 0.952. The molecule has 1 aromatic heterocycles. The Kier molecular flexibility index (Phi) is 3.92. The Balaban J connectivity index is 2.50. The van der Waals surface area contributed by atoms with E-state index in [1.54, 1.807) is 7.11 Å². The summed E-state index contributed by atoms with van der Waals surface area (Å²) in [4.78, 5) is 0. The van der Waals surface area contributed by atoms with Crippen LogP contribution in [0.2, 0.25) is 0 Å². The zero-order valence-electron chi connectivity index (χ0n) is 11.7. The first kappa shape index (κ1) is 13.0. The third-order valence-corrected chi connectivity index (χ3v) is 3.62. The number of nitrogens with zero attached hydrogens (tertiary/aromatic N) is 1. The number of para-hydroxylation sites is 1. The van der Waals surface area contributed by atoms with Gasteiger partial charge in [-0.15, -0.1) is 0 Å². The molecule has 0 aliphatic rings. The van der Waals surface area contributed by atoms with Crippen LogP contribution in [0.3, 0.4) is 0 Å². The maximum absolute atomic E-state index is 5.47. The maximum atomic E-state index is 5.47. The van der Waals surface area contributed by atoms with Gasteiger partial charge in [0.05, 0.1) is 12.6 Å². The molecule has 1 aromatic carbocycles. The second-order valence-electron chi connectivity index (χ2n) is 4.58. The SMILES string of the molecule is CCNCCc1c(C)n(C)c2c(OC)cccc12. The molecule has 0 spiro atoms. The summed E-state index contributed by atoms with van der Waals surface area (Å²) in [5.41, 5.74) is 3.95. The van der Waals surface area contributed by atoms with Gasteiger partial charge in [-0.3, -0.25) is 0 Å². The van der Waals surface area contributed by atoms with Gasteiger partial charge in [-0.25, -0.2) is 0 Å². The third kappa shape index (κ3) is 2.10. The van der Waals surface area contributed by atoms with Crippen molar-refractivity contribution in [2.24, 2.45) is 7.05 Å². The van der Waals surface area contributed by atoms with E-state index < -0.39 is 0 Å². The van der Waals surface area contributed by atoms with E-state index in [1.165, 1.54) is 22.2 Å². The minimum Gasteiger partial charge on any atom is -0.495 e. The van der Waals surface area contributed by atoms with E-state index in [0.29, 0.717) is 0 Å². The van der Waals surface area contributed by atoms with Crippen LogP contribution in [-0.2, 0) is 13.5 Å². The number of hydrogen-bond acceptors (Lipinski definition) is 2. The molecule has 1 heterocycles. The van der Waals surface area contributed by atoms with Crippen molar-refractivity contribution in [3.8, 4) is 5.75 Å². The highest BCUT2D eigenvalue weighted by Crippen LogP contribution is 2.31.